The molecule has 1 aliphatic carbocycles. The maximum Gasteiger partial charge on any atom is 0.0278 e. The van der Waals surface area contributed by atoms with Gasteiger partial charge >= 0.3 is 0 Å². The Hall–Kier alpha value is -0.860. The minimum absolute atomic E-state index is 0.308. The third kappa shape index (κ3) is 3.42. The molecule has 3 rings (SSSR count). The highest BCUT2D eigenvalue weighted by atomic mass is 15.3. The number of nitrogens with zero attached hydrogens (tertiary/aromatic N) is 1. The van der Waals surface area contributed by atoms with Crippen molar-refractivity contribution in [1.82, 2.24) is 10.2 Å². The highest BCUT2D eigenvalue weighted by Crippen LogP contribution is 2.32. The van der Waals surface area contributed by atoms with Gasteiger partial charge in [0.1, 0.15) is 0 Å². The Kier molecular flexibility index (Phi) is 4.13. The third-order valence-corrected chi connectivity index (χ3v) is 5.12. The Balaban J connectivity index is 1.68. The molecule has 0 radical (unpaired) electrons. The second-order valence-electron chi connectivity index (χ2n) is 7.01. The van der Waals surface area contributed by atoms with Crippen LogP contribution >= 0.6 is 0 Å². The van der Waals surface area contributed by atoms with E-state index < -0.39 is 0 Å². The summed E-state index contributed by atoms with van der Waals surface area (Å²) in [6.45, 7) is 8.34. The van der Waals surface area contributed by atoms with E-state index in [-0.39, 0.29) is 0 Å². The van der Waals surface area contributed by atoms with Gasteiger partial charge < -0.3 is 5.32 Å². The van der Waals surface area contributed by atoms with Gasteiger partial charge in [-0.25, -0.2) is 0 Å². The molecule has 2 unspecified atom stereocenters. The first-order valence-corrected chi connectivity index (χ1v) is 8.21. The van der Waals surface area contributed by atoms with Gasteiger partial charge in [0, 0.05) is 31.2 Å². The first-order chi connectivity index (χ1) is 9.68. The highest BCUT2D eigenvalue weighted by molar-refractivity contribution is 5.16. The largest absolute Gasteiger partial charge is 0.309 e. The van der Waals surface area contributed by atoms with Crippen LogP contribution in [0.5, 0.6) is 0 Å². The fourth-order valence-corrected chi connectivity index (χ4v) is 3.30. The van der Waals surface area contributed by atoms with Crippen molar-refractivity contribution in [2.75, 3.05) is 19.6 Å². The van der Waals surface area contributed by atoms with Crippen LogP contribution in [0.3, 0.4) is 0 Å². The van der Waals surface area contributed by atoms with Crippen LogP contribution in [0.15, 0.2) is 30.3 Å². The molecule has 2 heteroatoms. The monoisotopic (exact) mass is 272 g/mol. The average molecular weight is 272 g/mol. The van der Waals surface area contributed by atoms with Gasteiger partial charge in [-0.2, -0.15) is 0 Å². The van der Waals surface area contributed by atoms with Crippen molar-refractivity contribution in [3.63, 3.8) is 0 Å². The van der Waals surface area contributed by atoms with Gasteiger partial charge in [0.05, 0.1) is 0 Å². The highest BCUT2D eigenvalue weighted by Gasteiger charge is 2.37. The van der Waals surface area contributed by atoms with E-state index in [1.165, 1.54) is 44.3 Å². The minimum atomic E-state index is 0.308. The molecular weight excluding hydrogens is 244 g/mol. The zero-order chi connectivity index (χ0) is 14.0. The van der Waals surface area contributed by atoms with E-state index >= 15 is 0 Å². The van der Waals surface area contributed by atoms with Crippen LogP contribution in [0.4, 0.5) is 0 Å². The Bertz CT molecular complexity index is 426. The van der Waals surface area contributed by atoms with Crippen LogP contribution in [-0.4, -0.2) is 36.1 Å². The van der Waals surface area contributed by atoms with Crippen LogP contribution < -0.4 is 5.32 Å². The first-order valence-electron chi connectivity index (χ1n) is 8.21. The normalized spacial score (nSPS) is 31.4. The summed E-state index contributed by atoms with van der Waals surface area (Å²) in [6, 6.07) is 11.6. The number of benzene rings is 1. The fourth-order valence-electron chi connectivity index (χ4n) is 3.30. The molecule has 1 aromatic rings. The predicted octanol–water partition coefficient (Wildman–Crippen LogP) is 3.08. The van der Waals surface area contributed by atoms with Crippen LogP contribution in [0.1, 0.15) is 38.7 Å². The van der Waals surface area contributed by atoms with Gasteiger partial charge in [0.25, 0.3) is 0 Å². The van der Waals surface area contributed by atoms with Crippen LogP contribution in [-0.2, 0) is 6.42 Å². The summed E-state index contributed by atoms with van der Waals surface area (Å²) in [4.78, 5) is 2.77. The molecule has 0 spiro atoms. The fraction of sp³-hybridized carbons (Fsp3) is 0.667. The molecule has 110 valence electrons. The zero-order valence-electron chi connectivity index (χ0n) is 12.9. The second kappa shape index (κ2) is 5.87. The minimum Gasteiger partial charge on any atom is -0.309 e. The second-order valence-corrected chi connectivity index (χ2v) is 7.01. The topological polar surface area (TPSA) is 15.3 Å². The number of rotatable bonds is 5. The lowest BCUT2D eigenvalue weighted by molar-refractivity contribution is 0.0799. The van der Waals surface area contributed by atoms with Gasteiger partial charge in [-0.1, -0.05) is 37.3 Å². The summed E-state index contributed by atoms with van der Waals surface area (Å²) >= 11 is 0. The summed E-state index contributed by atoms with van der Waals surface area (Å²) in [7, 11) is 0. The van der Waals surface area contributed by atoms with Crippen molar-refractivity contribution in [1.29, 1.82) is 0 Å². The number of hydrogen-bond donors (Lipinski definition) is 1. The maximum absolute atomic E-state index is 3.80. The lowest BCUT2D eigenvalue weighted by atomic mass is 9.91. The van der Waals surface area contributed by atoms with Gasteiger partial charge in [-0.05, 0) is 44.1 Å². The lowest BCUT2D eigenvalue weighted by Crippen LogP contribution is -2.63. The van der Waals surface area contributed by atoms with Crippen molar-refractivity contribution in [3.8, 4) is 0 Å². The smallest absolute Gasteiger partial charge is 0.0278 e. The van der Waals surface area contributed by atoms with Gasteiger partial charge in [-0.15, -0.1) is 0 Å². The number of piperazine rings is 1. The summed E-state index contributed by atoms with van der Waals surface area (Å²) in [5.74, 6) is 0.979. The molecule has 1 aliphatic heterocycles. The predicted molar refractivity (Wildman–Crippen MR) is 84.9 cm³/mol. The lowest BCUT2D eigenvalue weighted by Gasteiger charge is -2.46. The summed E-state index contributed by atoms with van der Waals surface area (Å²) in [5, 5.41) is 3.80. The quantitative estimate of drug-likeness (QED) is 0.886. The van der Waals surface area contributed by atoms with Crippen molar-refractivity contribution >= 4 is 0 Å². The molecule has 0 amide bonds. The van der Waals surface area contributed by atoms with Gasteiger partial charge in [0.2, 0.25) is 0 Å². The van der Waals surface area contributed by atoms with Crippen molar-refractivity contribution in [2.24, 2.45) is 5.92 Å². The van der Waals surface area contributed by atoms with Gasteiger partial charge in [-0.3, -0.25) is 4.90 Å². The molecule has 2 atom stereocenters. The van der Waals surface area contributed by atoms with Crippen LogP contribution in [0, 0.1) is 5.92 Å². The zero-order valence-corrected chi connectivity index (χ0v) is 12.9. The van der Waals surface area contributed by atoms with E-state index in [4.69, 9.17) is 0 Å². The van der Waals surface area contributed by atoms with E-state index in [2.05, 4.69) is 54.4 Å². The van der Waals surface area contributed by atoms with E-state index in [1.54, 1.807) is 0 Å². The third-order valence-electron chi connectivity index (χ3n) is 5.12. The molecule has 1 saturated heterocycles. The Labute approximate surface area is 123 Å². The molecule has 1 aromatic carbocycles. The number of hydrogen-bond acceptors (Lipinski definition) is 2. The average Bonchev–Trinajstić information content (AvgIpc) is 3.27. The molecule has 1 heterocycles. The molecule has 2 aliphatic rings. The van der Waals surface area contributed by atoms with Crippen molar-refractivity contribution in [2.45, 2.75) is 51.1 Å². The molecule has 2 nitrogen and oxygen atoms in total. The van der Waals surface area contributed by atoms with E-state index in [0.717, 1.165) is 12.5 Å². The maximum atomic E-state index is 3.80. The molecule has 1 N–H and O–H groups in total. The van der Waals surface area contributed by atoms with E-state index in [1.807, 2.05) is 0 Å². The number of nitrogens with one attached hydrogen (secondary N) is 1. The molecule has 1 saturated carbocycles. The first kappa shape index (κ1) is 14.1. The molecule has 2 fully saturated rings. The van der Waals surface area contributed by atoms with Crippen LogP contribution in [0.2, 0.25) is 0 Å². The molecule has 0 aromatic heterocycles. The van der Waals surface area contributed by atoms with Gasteiger partial charge in [0.15, 0.2) is 0 Å². The van der Waals surface area contributed by atoms with E-state index in [0.29, 0.717) is 11.6 Å². The SMILES string of the molecule is CCC1(C)CN(CC2CC2)C(Cc2ccccc2)CN1. The Morgan fingerprint density at radius 2 is 2.00 bits per heavy atom. The summed E-state index contributed by atoms with van der Waals surface area (Å²) in [6.07, 6.45) is 5.29. The summed E-state index contributed by atoms with van der Waals surface area (Å²) < 4.78 is 0. The van der Waals surface area contributed by atoms with Crippen molar-refractivity contribution in [3.05, 3.63) is 35.9 Å². The standard InChI is InChI=1S/C18H28N2/c1-3-18(2)14-20(13-16-9-10-16)17(12-19-18)11-15-7-5-4-6-8-15/h4-8,16-17,19H,3,9-14H2,1-2H3. The Morgan fingerprint density at radius 3 is 2.65 bits per heavy atom. The molecule has 0 bridgehead atoms. The van der Waals surface area contributed by atoms with Crippen LogP contribution in [0.25, 0.3) is 0 Å². The summed E-state index contributed by atoms with van der Waals surface area (Å²) in [5.41, 5.74) is 1.78. The Morgan fingerprint density at radius 1 is 1.25 bits per heavy atom. The van der Waals surface area contributed by atoms with E-state index in [9.17, 15) is 0 Å². The van der Waals surface area contributed by atoms with Crippen molar-refractivity contribution < 1.29 is 0 Å². The molecule has 20 heavy (non-hydrogen) atoms. The molecular formula is C18H28N2.